The van der Waals surface area contributed by atoms with Gasteiger partial charge in [0.25, 0.3) is 0 Å². The number of carboxylic acids is 1. The van der Waals surface area contributed by atoms with E-state index in [-0.39, 0.29) is 5.69 Å². The molecule has 0 aliphatic heterocycles. The Bertz CT molecular complexity index is 964. The van der Waals surface area contributed by atoms with Crippen molar-refractivity contribution in [2.24, 2.45) is 5.92 Å². The molecule has 0 bridgehead atoms. The van der Waals surface area contributed by atoms with E-state index in [0.717, 1.165) is 27.8 Å². The molecule has 0 unspecified atom stereocenters. The number of nitrogens with one attached hydrogen (secondary N) is 1. The highest BCUT2D eigenvalue weighted by Gasteiger charge is 2.13. The van der Waals surface area contributed by atoms with Gasteiger partial charge in [-0.25, -0.2) is 14.8 Å². The van der Waals surface area contributed by atoms with Crippen LogP contribution in [0.5, 0.6) is 11.5 Å². The van der Waals surface area contributed by atoms with E-state index in [1.54, 1.807) is 17.4 Å². The lowest BCUT2D eigenvalue weighted by Gasteiger charge is -2.13. The number of hydrogen-bond donors (Lipinski definition) is 2. The van der Waals surface area contributed by atoms with Gasteiger partial charge >= 0.3 is 5.97 Å². The lowest BCUT2D eigenvalue weighted by molar-refractivity contribution is 0.0690. The highest BCUT2D eigenvalue weighted by molar-refractivity contribution is 7.22. The van der Waals surface area contributed by atoms with Crippen molar-refractivity contribution in [1.29, 1.82) is 0 Å². The molecule has 1 aromatic carbocycles. The summed E-state index contributed by atoms with van der Waals surface area (Å²) in [5.41, 5.74) is 0.892. The molecule has 0 amide bonds. The standard InChI is InChI=1S/C21H23N3O3S/c25-20(26)18-11-16(9-10-22-18)27-15-7-8-17-19(12-15)28-21(24-17)23-13-14-5-3-1-2-4-6-14/h7-12,14H,1-6,13H2,(H,23,24)(H,25,26). The highest BCUT2D eigenvalue weighted by atomic mass is 32.1. The van der Waals surface area contributed by atoms with Crippen molar-refractivity contribution in [3.05, 3.63) is 42.2 Å². The lowest BCUT2D eigenvalue weighted by atomic mass is 10.0. The number of benzene rings is 1. The zero-order chi connectivity index (χ0) is 19.3. The zero-order valence-corrected chi connectivity index (χ0v) is 16.4. The fraction of sp³-hybridized carbons (Fsp3) is 0.381. The van der Waals surface area contributed by atoms with Crippen LogP contribution in [-0.4, -0.2) is 27.6 Å². The van der Waals surface area contributed by atoms with Crippen molar-refractivity contribution in [3.8, 4) is 11.5 Å². The highest BCUT2D eigenvalue weighted by Crippen LogP contribution is 2.32. The average Bonchev–Trinajstić information content (AvgIpc) is 2.91. The van der Waals surface area contributed by atoms with Gasteiger partial charge < -0.3 is 15.2 Å². The number of ether oxygens (including phenoxy) is 1. The first kappa shape index (κ1) is 18.7. The molecule has 2 aromatic heterocycles. The topological polar surface area (TPSA) is 84.3 Å². The maximum Gasteiger partial charge on any atom is 0.354 e. The Hall–Kier alpha value is -2.67. The summed E-state index contributed by atoms with van der Waals surface area (Å²) < 4.78 is 6.85. The monoisotopic (exact) mass is 397 g/mol. The van der Waals surface area contributed by atoms with E-state index < -0.39 is 5.97 Å². The molecule has 0 atom stereocenters. The summed E-state index contributed by atoms with van der Waals surface area (Å²) in [6, 6.07) is 8.77. The summed E-state index contributed by atoms with van der Waals surface area (Å²) in [4.78, 5) is 19.5. The number of carboxylic acid groups (broad SMARTS) is 1. The van der Waals surface area contributed by atoms with Crippen LogP contribution in [0, 0.1) is 5.92 Å². The third-order valence-electron chi connectivity index (χ3n) is 5.06. The number of fused-ring (bicyclic) bond motifs is 1. The molecule has 2 N–H and O–H groups in total. The number of pyridine rings is 1. The number of carbonyl (C=O) groups is 1. The molecule has 4 rings (SSSR count). The van der Waals surface area contributed by atoms with Crippen LogP contribution in [0.1, 0.15) is 49.0 Å². The summed E-state index contributed by atoms with van der Waals surface area (Å²) >= 11 is 1.62. The molecule has 28 heavy (non-hydrogen) atoms. The quantitative estimate of drug-likeness (QED) is 0.530. The molecule has 3 aromatic rings. The Morgan fingerprint density at radius 2 is 1.93 bits per heavy atom. The van der Waals surface area contributed by atoms with Crippen LogP contribution in [0.25, 0.3) is 10.2 Å². The van der Waals surface area contributed by atoms with Gasteiger partial charge in [0, 0.05) is 24.9 Å². The Morgan fingerprint density at radius 1 is 1.14 bits per heavy atom. The predicted octanol–water partition coefficient (Wildman–Crippen LogP) is 5.56. The van der Waals surface area contributed by atoms with Crippen LogP contribution in [0.4, 0.5) is 5.13 Å². The summed E-state index contributed by atoms with van der Waals surface area (Å²) in [6.45, 7) is 0.984. The summed E-state index contributed by atoms with van der Waals surface area (Å²) in [5, 5.41) is 13.5. The van der Waals surface area contributed by atoms with Crippen LogP contribution in [-0.2, 0) is 0 Å². The zero-order valence-electron chi connectivity index (χ0n) is 15.6. The van der Waals surface area contributed by atoms with Gasteiger partial charge in [0.1, 0.15) is 11.5 Å². The minimum absolute atomic E-state index is 0.0404. The smallest absolute Gasteiger partial charge is 0.354 e. The van der Waals surface area contributed by atoms with Crippen molar-refractivity contribution in [2.75, 3.05) is 11.9 Å². The van der Waals surface area contributed by atoms with Gasteiger partial charge in [-0.3, -0.25) is 0 Å². The molecule has 2 heterocycles. The molecule has 0 radical (unpaired) electrons. The van der Waals surface area contributed by atoms with Crippen LogP contribution < -0.4 is 10.1 Å². The van der Waals surface area contributed by atoms with E-state index in [4.69, 9.17) is 9.84 Å². The predicted molar refractivity (Wildman–Crippen MR) is 111 cm³/mol. The average molecular weight is 398 g/mol. The lowest BCUT2D eigenvalue weighted by Crippen LogP contribution is -2.13. The fourth-order valence-electron chi connectivity index (χ4n) is 3.57. The van der Waals surface area contributed by atoms with Crippen molar-refractivity contribution < 1.29 is 14.6 Å². The maximum absolute atomic E-state index is 11.0. The van der Waals surface area contributed by atoms with Crippen LogP contribution >= 0.6 is 11.3 Å². The van der Waals surface area contributed by atoms with Crippen molar-refractivity contribution in [1.82, 2.24) is 9.97 Å². The largest absolute Gasteiger partial charge is 0.477 e. The van der Waals surface area contributed by atoms with Gasteiger partial charge in [0.2, 0.25) is 0 Å². The number of anilines is 1. The number of rotatable bonds is 6. The molecule has 6 nitrogen and oxygen atoms in total. The van der Waals surface area contributed by atoms with E-state index in [2.05, 4.69) is 15.3 Å². The van der Waals surface area contributed by atoms with E-state index in [9.17, 15) is 4.79 Å². The van der Waals surface area contributed by atoms with Gasteiger partial charge in [0.05, 0.1) is 10.2 Å². The number of aromatic carboxylic acids is 1. The van der Waals surface area contributed by atoms with Crippen LogP contribution in [0.15, 0.2) is 36.5 Å². The van der Waals surface area contributed by atoms with Crippen LogP contribution in [0.3, 0.4) is 0 Å². The minimum atomic E-state index is -1.08. The minimum Gasteiger partial charge on any atom is -0.477 e. The first-order chi connectivity index (χ1) is 13.7. The first-order valence-corrected chi connectivity index (χ1v) is 10.5. The fourth-order valence-corrected chi connectivity index (χ4v) is 4.47. The summed E-state index contributed by atoms with van der Waals surface area (Å²) in [6.07, 6.45) is 9.45. The molecule has 7 heteroatoms. The molecular weight excluding hydrogens is 374 g/mol. The number of aromatic nitrogens is 2. The molecule has 1 aliphatic rings. The Labute approximate surface area is 167 Å². The number of thiazole rings is 1. The SMILES string of the molecule is O=C(O)c1cc(Oc2ccc3nc(NCC4CCCCCC4)sc3c2)ccn1. The molecule has 146 valence electrons. The second-order valence-corrected chi connectivity index (χ2v) is 8.20. The molecular formula is C21H23N3O3S. The molecule has 1 saturated carbocycles. The third kappa shape index (κ3) is 4.59. The van der Waals surface area contributed by atoms with E-state index >= 15 is 0 Å². The second-order valence-electron chi connectivity index (χ2n) is 7.17. The summed E-state index contributed by atoms with van der Waals surface area (Å²) in [5.74, 6) is 0.758. The van der Waals surface area contributed by atoms with Crippen molar-refractivity contribution >= 4 is 32.7 Å². The first-order valence-electron chi connectivity index (χ1n) is 9.69. The van der Waals surface area contributed by atoms with Crippen molar-refractivity contribution in [3.63, 3.8) is 0 Å². The van der Waals surface area contributed by atoms with Gasteiger partial charge in [-0.1, -0.05) is 37.0 Å². The van der Waals surface area contributed by atoms with Gasteiger partial charge in [-0.15, -0.1) is 0 Å². The number of hydrogen-bond acceptors (Lipinski definition) is 6. The third-order valence-corrected chi connectivity index (χ3v) is 6.04. The Morgan fingerprint density at radius 3 is 2.71 bits per heavy atom. The van der Waals surface area contributed by atoms with Gasteiger partial charge in [-0.05, 0) is 37.0 Å². The van der Waals surface area contributed by atoms with E-state index in [0.29, 0.717) is 11.5 Å². The van der Waals surface area contributed by atoms with Gasteiger partial charge in [-0.2, -0.15) is 0 Å². The van der Waals surface area contributed by atoms with E-state index in [1.807, 2.05) is 18.2 Å². The Balaban J connectivity index is 1.44. The second kappa shape index (κ2) is 8.56. The molecule has 1 fully saturated rings. The van der Waals surface area contributed by atoms with Crippen molar-refractivity contribution in [2.45, 2.75) is 38.5 Å². The molecule has 1 aliphatic carbocycles. The number of nitrogens with zero attached hydrogens (tertiary/aromatic N) is 2. The molecule has 0 spiro atoms. The maximum atomic E-state index is 11.0. The molecule has 0 saturated heterocycles. The normalized spacial score (nSPS) is 15.3. The van der Waals surface area contributed by atoms with E-state index in [1.165, 1.54) is 50.8 Å². The Kier molecular flexibility index (Phi) is 5.71. The summed E-state index contributed by atoms with van der Waals surface area (Å²) in [7, 11) is 0. The van der Waals surface area contributed by atoms with Gasteiger partial charge in [0.15, 0.2) is 10.8 Å². The van der Waals surface area contributed by atoms with Crippen LogP contribution in [0.2, 0.25) is 0 Å².